The first-order valence-electron chi connectivity index (χ1n) is 8.43. The fraction of sp³-hybridized carbons (Fsp3) is 0.389. The number of hydrogen-bond acceptors (Lipinski definition) is 5. The summed E-state index contributed by atoms with van der Waals surface area (Å²) in [5, 5.41) is 12.6. The topological polar surface area (TPSA) is 65.8 Å². The molecule has 0 radical (unpaired) electrons. The molecule has 1 N–H and O–H groups in total. The van der Waals surface area contributed by atoms with Gasteiger partial charge in [0.05, 0.1) is 10.9 Å². The Balaban J connectivity index is 1.85. The van der Waals surface area contributed by atoms with Crippen molar-refractivity contribution < 1.29 is 9.90 Å². The second-order valence-corrected chi connectivity index (χ2v) is 8.32. The highest BCUT2D eigenvalue weighted by Gasteiger charge is 2.27. The molecule has 0 unspecified atom stereocenters. The van der Waals surface area contributed by atoms with Crippen LogP contribution in [0.25, 0.3) is 5.57 Å². The molecule has 2 aromatic rings. The van der Waals surface area contributed by atoms with Gasteiger partial charge in [0.2, 0.25) is 5.88 Å². The van der Waals surface area contributed by atoms with Crippen LogP contribution in [0, 0.1) is 6.92 Å². The van der Waals surface area contributed by atoms with Crippen molar-refractivity contribution in [3.63, 3.8) is 0 Å². The number of aryl methyl sites for hydroxylation is 1. The van der Waals surface area contributed by atoms with Gasteiger partial charge in [-0.25, -0.2) is 4.99 Å². The molecule has 0 bridgehead atoms. The van der Waals surface area contributed by atoms with Crippen molar-refractivity contribution in [2.24, 2.45) is 4.99 Å². The zero-order valence-electron chi connectivity index (χ0n) is 13.9. The van der Waals surface area contributed by atoms with Gasteiger partial charge >= 0.3 is 0 Å². The summed E-state index contributed by atoms with van der Waals surface area (Å²) >= 11 is 4.86. The highest BCUT2D eigenvalue weighted by atomic mass is 79.9. The Bertz CT molecular complexity index is 975. The summed E-state index contributed by atoms with van der Waals surface area (Å²) < 4.78 is 0.794. The lowest BCUT2D eigenvalue weighted by Gasteiger charge is -2.18. The predicted octanol–water partition coefficient (Wildman–Crippen LogP) is 2.66. The smallest absolute Gasteiger partial charge is 0.279 e. The van der Waals surface area contributed by atoms with Crippen molar-refractivity contribution in [2.45, 2.75) is 32.6 Å². The summed E-state index contributed by atoms with van der Waals surface area (Å²) in [6.45, 7) is 3.86. The summed E-state index contributed by atoms with van der Waals surface area (Å²) in [5.74, 6) is -0.393. The summed E-state index contributed by atoms with van der Waals surface area (Å²) in [6, 6.07) is 3.88. The molecule has 0 spiro atoms. The van der Waals surface area contributed by atoms with E-state index >= 15 is 0 Å². The van der Waals surface area contributed by atoms with Gasteiger partial charge in [0.1, 0.15) is 4.88 Å². The van der Waals surface area contributed by atoms with Crippen LogP contribution in [0.2, 0.25) is 0 Å². The van der Waals surface area contributed by atoms with E-state index in [-0.39, 0.29) is 11.8 Å². The van der Waals surface area contributed by atoms with Crippen molar-refractivity contribution in [3.8, 4) is 5.88 Å². The van der Waals surface area contributed by atoms with E-state index in [1.54, 1.807) is 0 Å². The van der Waals surface area contributed by atoms with Crippen LogP contribution in [-0.4, -0.2) is 29.1 Å². The summed E-state index contributed by atoms with van der Waals surface area (Å²) in [5.41, 5.74) is 1.49. The predicted molar refractivity (Wildman–Crippen MR) is 102 cm³/mol. The van der Waals surface area contributed by atoms with E-state index in [1.165, 1.54) is 24.2 Å². The first-order chi connectivity index (χ1) is 12.0. The quantitative estimate of drug-likeness (QED) is 0.812. The van der Waals surface area contributed by atoms with E-state index in [1.807, 2.05) is 19.1 Å². The van der Waals surface area contributed by atoms with E-state index in [0.717, 1.165) is 46.3 Å². The lowest BCUT2D eigenvalue weighted by Crippen LogP contribution is -2.25. The Hall–Kier alpha value is -1.73. The van der Waals surface area contributed by atoms with Crippen LogP contribution in [0.1, 0.15) is 36.1 Å². The normalized spacial score (nSPS) is 17.4. The van der Waals surface area contributed by atoms with Gasteiger partial charge in [-0.1, -0.05) is 24.2 Å². The maximum atomic E-state index is 12.5. The third kappa shape index (κ3) is 3.00. The molecular formula is C18H18BrN3O2S. The van der Waals surface area contributed by atoms with Gasteiger partial charge in [-0.05, 0) is 53.4 Å². The number of aromatic hydroxyl groups is 1. The number of hydrogen-bond donors (Lipinski definition) is 1. The first kappa shape index (κ1) is 16.7. The highest BCUT2D eigenvalue weighted by Crippen LogP contribution is 2.36. The molecule has 1 aromatic carbocycles. The van der Waals surface area contributed by atoms with E-state index in [2.05, 4.69) is 30.8 Å². The molecule has 0 aliphatic carbocycles. The van der Waals surface area contributed by atoms with Gasteiger partial charge in [0, 0.05) is 22.8 Å². The van der Waals surface area contributed by atoms with Crippen LogP contribution >= 0.6 is 27.3 Å². The number of anilines is 1. The number of benzene rings is 1. The lowest BCUT2D eigenvalue weighted by molar-refractivity contribution is -0.112. The average molecular weight is 420 g/mol. The second kappa shape index (κ2) is 6.53. The first-order valence-corrected chi connectivity index (χ1v) is 10.0. The molecule has 1 aromatic heterocycles. The number of aromatic nitrogens is 1. The van der Waals surface area contributed by atoms with E-state index in [4.69, 9.17) is 0 Å². The number of carbonyl (C=O) groups is 1. The van der Waals surface area contributed by atoms with Gasteiger partial charge < -0.3 is 10.0 Å². The van der Waals surface area contributed by atoms with Crippen LogP contribution in [0.5, 0.6) is 5.88 Å². The molecule has 5 nitrogen and oxygen atoms in total. The number of nitrogens with zero attached hydrogens (tertiary/aromatic N) is 3. The molecule has 0 atom stereocenters. The van der Waals surface area contributed by atoms with E-state index < -0.39 is 0 Å². The Morgan fingerprint density at radius 3 is 2.64 bits per heavy atom. The molecule has 25 heavy (non-hydrogen) atoms. The van der Waals surface area contributed by atoms with Crippen LogP contribution in [0.4, 0.5) is 5.13 Å². The molecule has 0 saturated carbocycles. The van der Waals surface area contributed by atoms with Crippen molar-refractivity contribution in [3.05, 3.63) is 37.6 Å². The van der Waals surface area contributed by atoms with Gasteiger partial charge in [0.25, 0.3) is 5.91 Å². The van der Waals surface area contributed by atoms with Gasteiger partial charge in [-0.2, -0.15) is 4.98 Å². The highest BCUT2D eigenvalue weighted by molar-refractivity contribution is 9.10. The second-order valence-electron chi connectivity index (χ2n) is 6.49. The molecule has 3 heterocycles. The van der Waals surface area contributed by atoms with E-state index in [0.29, 0.717) is 15.8 Å². The molecule has 130 valence electrons. The minimum absolute atomic E-state index is 0.0757. The molecule has 4 rings (SSSR count). The minimum atomic E-state index is -0.317. The van der Waals surface area contributed by atoms with Crippen LogP contribution in [0.15, 0.2) is 21.6 Å². The SMILES string of the molecule is Cc1cc(Br)c2c(c1)=C(c1sc(N3CCCCCC3)nc1O)C(=O)N=2. The lowest BCUT2D eigenvalue weighted by atomic mass is 10.1. The largest absolute Gasteiger partial charge is 0.492 e. The number of rotatable bonds is 2. The maximum Gasteiger partial charge on any atom is 0.279 e. The molecule has 1 fully saturated rings. The summed E-state index contributed by atoms with van der Waals surface area (Å²) in [4.78, 5) is 23.8. The molecule has 7 heteroatoms. The summed E-state index contributed by atoms with van der Waals surface area (Å²) in [7, 11) is 0. The maximum absolute atomic E-state index is 12.5. The van der Waals surface area contributed by atoms with Crippen molar-refractivity contribution >= 4 is 43.9 Å². The zero-order chi connectivity index (χ0) is 17.6. The Labute approximate surface area is 157 Å². The fourth-order valence-corrected chi connectivity index (χ4v) is 5.12. The zero-order valence-corrected chi connectivity index (χ0v) is 16.3. The number of thiazole rings is 1. The van der Waals surface area contributed by atoms with Crippen LogP contribution in [-0.2, 0) is 4.79 Å². The fourth-order valence-electron chi connectivity index (χ4n) is 3.39. The van der Waals surface area contributed by atoms with Gasteiger partial charge in [-0.15, -0.1) is 0 Å². The monoisotopic (exact) mass is 419 g/mol. The van der Waals surface area contributed by atoms with Crippen LogP contribution in [0.3, 0.4) is 0 Å². The van der Waals surface area contributed by atoms with Crippen molar-refractivity contribution in [1.82, 2.24) is 4.98 Å². The Kier molecular flexibility index (Phi) is 4.37. The molecule has 2 aliphatic heterocycles. The molecule has 2 aliphatic rings. The average Bonchev–Trinajstić information content (AvgIpc) is 2.95. The Morgan fingerprint density at radius 1 is 1.20 bits per heavy atom. The minimum Gasteiger partial charge on any atom is -0.492 e. The number of halogens is 1. The van der Waals surface area contributed by atoms with Crippen molar-refractivity contribution in [2.75, 3.05) is 18.0 Å². The van der Waals surface area contributed by atoms with Gasteiger partial charge in [-0.3, -0.25) is 4.79 Å². The van der Waals surface area contributed by atoms with Crippen molar-refractivity contribution in [1.29, 1.82) is 0 Å². The number of fused-ring (bicyclic) bond motifs is 1. The third-order valence-corrected chi connectivity index (χ3v) is 6.33. The number of amides is 1. The summed E-state index contributed by atoms with van der Waals surface area (Å²) in [6.07, 6.45) is 4.73. The third-order valence-electron chi connectivity index (χ3n) is 4.61. The standard InChI is InChI=1S/C18H18BrN3O2S/c1-10-8-11-13(16(23)20-14(11)12(19)9-10)15-17(24)21-18(25-15)22-6-4-2-3-5-7-22/h8-9,24H,2-7H2,1H3. The number of carbonyl (C=O) groups excluding carboxylic acids is 1. The molecular weight excluding hydrogens is 402 g/mol. The Morgan fingerprint density at radius 2 is 1.92 bits per heavy atom. The van der Waals surface area contributed by atoms with Crippen LogP contribution < -0.4 is 15.5 Å². The molecule has 1 saturated heterocycles. The molecule has 1 amide bonds. The van der Waals surface area contributed by atoms with E-state index in [9.17, 15) is 9.90 Å². The van der Waals surface area contributed by atoms with Gasteiger partial charge in [0.15, 0.2) is 5.13 Å².